The van der Waals surface area contributed by atoms with E-state index in [0.717, 1.165) is 24.4 Å². The molecule has 0 unspecified atom stereocenters. The first-order chi connectivity index (χ1) is 11.9. The second kappa shape index (κ2) is 6.37. The minimum Gasteiger partial charge on any atom is -0.419 e. The van der Waals surface area contributed by atoms with Crippen molar-refractivity contribution in [2.75, 3.05) is 6.61 Å². The molecule has 2 heteroatoms. The molecule has 0 amide bonds. The standard InChI is InChI=1S/C23H35OSi/c1-15-16(2)21-19-9-8-17(11-14-24-25)22(19,3)13-10-20(21)23(4)12-6-5-7-18(15)23/h17,19-20H,5-14H2,1-4H3/t17-,19+,20+,22-,23+/m1/s1. The molecule has 0 spiro atoms. The minimum absolute atomic E-state index is 0.468. The smallest absolute Gasteiger partial charge is 0.246 e. The van der Waals surface area contributed by atoms with Crippen LogP contribution in [0, 0.1) is 28.6 Å². The molecule has 0 N–H and O–H groups in total. The summed E-state index contributed by atoms with van der Waals surface area (Å²) >= 11 is 0. The van der Waals surface area contributed by atoms with Gasteiger partial charge < -0.3 is 4.43 Å². The molecule has 0 bridgehead atoms. The summed E-state index contributed by atoms with van der Waals surface area (Å²) in [5.41, 5.74) is 8.05. The van der Waals surface area contributed by atoms with Crippen LogP contribution < -0.4 is 0 Å². The molecule has 0 saturated heterocycles. The lowest BCUT2D eigenvalue weighted by Crippen LogP contribution is -2.46. The number of hydrogen-bond donors (Lipinski definition) is 0. The highest BCUT2D eigenvalue weighted by atomic mass is 28.2. The Labute approximate surface area is 158 Å². The maximum absolute atomic E-state index is 5.25. The molecule has 137 valence electrons. The van der Waals surface area contributed by atoms with Crippen molar-refractivity contribution in [2.45, 2.75) is 85.5 Å². The van der Waals surface area contributed by atoms with Crippen molar-refractivity contribution in [3.63, 3.8) is 0 Å². The summed E-state index contributed by atoms with van der Waals surface area (Å²) in [6.45, 7) is 11.0. The Hall–Kier alpha value is -0.343. The lowest BCUT2D eigenvalue weighted by Gasteiger charge is -2.56. The first kappa shape index (κ1) is 18.0. The van der Waals surface area contributed by atoms with Crippen LogP contribution in [0.1, 0.15) is 85.5 Å². The highest BCUT2D eigenvalue weighted by molar-refractivity contribution is 5.97. The Balaban J connectivity index is 1.74. The summed E-state index contributed by atoms with van der Waals surface area (Å²) < 4.78 is 5.25. The predicted octanol–water partition coefficient (Wildman–Crippen LogP) is 6.15. The SMILES string of the molecule is CC1=C2[C@@H]3CC[C@H](CCO[Si])[C@@]3(C)CC[C@@H]2[C@@]2(C)CCCCC2=C1C. The molecule has 25 heavy (non-hydrogen) atoms. The molecule has 3 radical (unpaired) electrons. The molecule has 0 aliphatic heterocycles. The Kier molecular flexibility index (Phi) is 4.60. The molecule has 3 fully saturated rings. The number of rotatable bonds is 3. The van der Waals surface area contributed by atoms with Crippen molar-refractivity contribution in [3.8, 4) is 0 Å². The van der Waals surface area contributed by atoms with E-state index in [-0.39, 0.29) is 0 Å². The normalized spacial score (nSPS) is 43.8. The van der Waals surface area contributed by atoms with Gasteiger partial charge in [0.15, 0.2) is 0 Å². The van der Waals surface area contributed by atoms with Crippen LogP contribution in [0.2, 0.25) is 0 Å². The lowest BCUT2D eigenvalue weighted by molar-refractivity contribution is 0.0596. The fraction of sp³-hybridized carbons (Fsp3) is 0.826. The van der Waals surface area contributed by atoms with Crippen LogP contribution in [-0.2, 0) is 4.43 Å². The van der Waals surface area contributed by atoms with Crippen molar-refractivity contribution in [3.05, 3.63) is 22.3 Å². The van der Waals surface area contributed by atoms with Crippen molar-refractivity contribution in [1.82, 2.24) is 0 Å². The number of fused-ring (bicyclic) bond motifs is 5. The second-order valence-corrected chi connectivity index (χ2v) is 10.2. The van der Waals surface area contributed by atoms with Crippen LogP contribution in [0.4, 0.5) is 0 Å². The second-order valence-electron chi connectivity index (χ2n) is 9.87. The third-order valence-corrected chi connectivity index (χ3v) is 9.31. The van der Waals surface area contributed by atoms with E-state index in [1.165, 1.54) is 57.8 Å². The molecule has 4 aliphatic rings. The molecule has 3 saturated carbocycles. The van der Waals surface area contributed by atoms with Gasteiger partial charge in [-0.2, -0.15) is 0 Å². The van der Waals surface area contributed by atoms with E-state index in [1.807, 2.05) is 11.1 Å². The topological polar surface area (TPSA) is 9.23 Å². The van der Waals surface area contributed by atoms with Crippen LogP contribution in [0.15, 0.2) is 22.3 Å². The summed E-state index contributed by atoms with van der Waals surface area (Å²) in [5, 5.41) is 0. The lowest BCUT2D eigenvalue weighted by atomic mass is 9.48. The van der Waals surface area contributed by atoms with Gasteiger partial charge in [-0.1, -0.05) is 31.4 Å². The fourth-order valence-corrected chi connectivity index (χ4v) is 7.71. The summed E-state index contributed by atoms with van der Waals surface area (Å²) in [7, 11) is 3.21. The molecule has 4 rings (SSSR count). The maximum atomic E-state index is 5.25. The van der Waals surface area contributed by atoms with Gasteiger partial charge in [-0.15, -0.1) is 0 Å². The Morgan fingerprint density at radius 2 is 1.80 bits per heavy atom. The van der Waals surface area contributed by atoms with Crippen LogP contribution in [0.5, 0.6) is 0 Å². The van der Waals surface area contributed by atoms with Crippen molar-refractivity contribution in [2.24, 2.45) is 28.6 Å². The van der Waals surface area contributed by atoms with Crippen LogP contribution in [-0.4, -0.2) is 17.1 Å². The molecule has 4 aliphatic carbocycles. The molecule has 1 nitrogen and oxygen atoms in total. The average molecular weight is 356 g/mol. The molecule has 0 aromatic heterocycles. The third kappa shape index (κ3) is 2.50. The van der Waals surface area contributed by atoms with Gasteiger partial charge in [0.1, 0.15) is 0 Å². The Bertz CT molecular complexity index is 618. The predicted molar refractivity (Wildman–Crippen MR) is 105 cm³/mol. The van der Waals surface area contributed by atoms with Gasteiger partial charge in [0, 0.05) is 6.61 Å². The molecule has 0 aromatic rings. The largest absolute Gasteiger partial charge is 0.419 e. The summed E-state index contributed by atoms with van der Waals surface area (Å²) in [6.07, 6.45) is 12.5. The molecular weight excluding hydrogens is 320 g/mol. The van der Waals surface area contributed by atoms with Gasteiger partial charge in [-0.05, 0) is 105 Å². The average Bonchev–Trinajstić information content (AvgIpc) is 2.93. The highest BCUT2D eigenvalue weighted by Crippen LogP contribution is 2.67. The first-order valence-electron chi connectivity index (χ1n) is 10.6. The quantitative estimate of drug-likeness (QED) is 0.552. The highest BCUT2D eigenvalue weighted by Gasteiger charge is 2.56. The summed E-state index contributed by atoms with van der Waals surface area (Å²) in [6, 6.07) is 0. The number of allylic oxidation sites excluding steroid dienone is 4. The zero-order chi connectivity index (χ0) is 17.8. The van der Waals surface area contributed by atoms with E-state index in [9.17, 15) is 0 Å². The maximum Gasteiger partial charge on any atom is 0.246 e. The number of hydrogen-bond acceptors (Lipinski definition) is 1. The summed E-state index contributed by atoms with van der Waals surface area (Å²) in [5.74, 6) is 2.48. The van der Waals surface area contributed by atoms with E-state index in [4.69, 9.17) is 4.43 Å². The van der Waals surface area contributed by atoms with Gasteiger partial charge in [0.25, 0.3) is 0 Å². The summed E-state index contributed by atoms with van der Waals surface area (Å²) in [4.78, 5) is 0. The molecule has 0 heterocycles. The van der Waals surface area contributed by atoms with E-state index in [1.54, 1.807) is 11.1 Å². The van der Waals surface area contributed by atoms with E-state index in [2.05, 4.69) is 38.2 Å². The van der Waals surface area contributed by atoms with E-state index in [0.29, 0.717) is 10.8 Å². The van der Waals surface area contributed by atoms with Crippen molar-refractivity contribution < 1.29 is 4.43 Å². The van der Waals surface area contributed by atoms with E-state index < -0.39 is 0 Å². The third-order valence-electron chi connectivity index (χ3n) is 9.10. The zero-order valence-electron chi connectivity index (χ0n) is 16.7. The van der Waals surface area contributed by atoms with Gasteiger partial charge >= 0.3 is 0 Å². The van der Waals surface area contributed by atoms with Crippen LogP contribution >= 0.6 is 0 Å². The Morgan fingerprint density at radius 1 is 1.00 bits per heavy atom. The molecular formula is C23H35OSi. The van der Waals surface area contributed by atoms with Gasteiger partial charge in [0.2, 0.25) is 10.5 Å². The minimum atomic E-state index is 0.468. The monoisotopic (exact) mass is 355 g/mol. The van der Waals surface area contributed by atoms with Crippen LogP contribution in [0.25, 0.3) is 0 Å². The first-order valence-corrected chi connectivity index (χ1v) is 11.0. The van der Waals surface area contributed by atoms with Crippen molar-refractivity contribution in [1.29, 1.82) is 0 Å². The Morgan fingerprint density at radius 3 is 2.56 bits per heavy atom. The van der Waals surface area contributed by atoms with Crippen molar-refractivity contribution >= 4 is 10.5 Å². The fourth-order valence-electron chi connectivity index (χ4n) is 7.59. The molecule has 5 atom stereocenters. The molecule has 0 aromatic carbocycles. The van der Waals surface area contributed by atoms with Gasteiger partial charge in [-0.3, -0.25) is 0 Å². The van der Waals surface area contributed by atoms with Gasteiger partial charge in [-0.25, -0.2) is 0 Å². The zero-order valence-corrected chi connectivity index (χ0v) is 17.7. The van der Waals surface area contributed by atoms with Gasteiger partial charge in [0.05, 0.1) is 0 Å². The van der Waals surface area contributed by atoms with E-state index >= 15 is 0 Å². The van der Waals surface area contributed by atoms with Crippen LogP contribution in [0.3, 0.4) is 0 Å².